The molecule has 0 saturated heterocycles. The Morgan fingerprint density at radius 2 is 1.04 bits per heavy atom. The van der Waals surface area contributed by atoms with Gasteiger partial charge in [-0.1, -0.05) is 125 Å². The highest BCUT2D eigenvalue weighted by molar-refractivity contribution is 5.90. The predicted molar refractivity (Wildman–Crippen MR) is 200 cm³/mol. The van der Waals surface area contributed by atoms with Crippen molar-refractivity contribution < 1.29 is 0 Å². The van der Waals surface area contributed by atoms with E-state index in [-0.39, 0.29) is 5.41 Å². The summed E-state index contributed by atoms with van der Waals surface area (Å²) in [7, 11) is 0. The van der Waals surface area contributed by atoms with E-state index in [2.05, 4.69) is 187 Å². The van der Waals surface area contributed by atoms with Crippen LogP contribution in [0, 0.1) is 20.8 Å². The molecule has 1 aliphatic rings. The highest BCUT2D eigenvalue weighted by atomic mass is 15.1. The number of hydrogen-bond donors (Lipinski definition) is 0. The largest absolute Gasteiger partial charge is 0.310 e. The van der Waals surface area contributed by atoms with Gasteiger partial charge in [0.15, 0.2) is 0 Å². The molecule has 46 heavy (non-hydrogen) atoms. The Morgan fingerprint density at radius 1 is 0.500 bits per heavy atom. The number of anilines is 3. The number of benzene rings is 6. The lowest BCUT2D eigenvalue weighted by atomic mass is 9.80. The molecule has 1 aliphatic carbocycles. The van der Waals surface area contributed by atoms with Crippen molar-refractivity contribution >= 4 is 17.1 Å². The lowest BCUT2D eigenvalue weighted by Gasteiger charge is -2.27. The molecule has 0 aromatic heterocycles. The molecule has 0 atom stereocenters. The van der Waals surface area contributed by atoms with Crippen molar-refractivity contribution in [3.05, 3.63) is 161 Å². The molecule has 0 N–H and O–H groups in total. The van der Waals surface area contributed by atoms with Gasteiger partial charge in [0.25, 0.3) is 0 Å². The summed E-state index contributed by atoms with van der Waals surface area (Å²) in [5.74, 6) is 0. The lowest BCUT2D eigenvalue weighted by Crippen LogP contribution is -2.15. The molecule has 1 heteroatoms. The van der Waals surface area contributed by atoms with E-state index in [1.54, 1.807) is 0 Å². The second-order valence-electron chi connectivity index (χ2n) is 13.1. The van der Waals surface area contributed by atoms with Crippen molar-refractivity contribution in [2.75, 3.05) is 4.90 Å². The average Bonchev–Trinajstić information content (AvgIpc) is 3.30. The van der Waals surface area contributed by atoms with Crippen LogP contribution in [-0.2, 0) is 5.41 Å². The molecule has 0 fully saturated rings. The van der Waals surface area contributed by atoms with E-state index in [9.17, 15) is 0 Å². The van der Waals surface area contributed by atoms with E-state index in [1.165, 1.54) is 73.3 Å². The van der Waals surface area contributed by atoms with Crippen molar-refractivity contribution in [1.29, 1.82) is 0 Å². The molecule has 6 aromatic carbocycles. The minimum atomic E-state index is -0.0674. The maximum absolute atomic E-state index is 2.43. The number of aryl methyl sites for hydroxylation is 2. The molecule has 230 valence electrons. The van der Waals surface area contributed by atoms with E-state index in [4.69, 9.17) is 0 Å². The molecule has 0 heterocycles. The van der Waals surface area contributed by atoms with Crippen molar-refractivity contribution in [3.8, 4) is 33.4 Å². The zero-order valence-corrected chi connectivity index (χ0v) is 28.4. The van der Waals surface area contributed by atoms with E-state index >= 15 is 0 Å². The Labute approximate surface area is 276 Å². The number of fused-ring (bicyclic) bond motifs is 3. The van der Waals surface area contributed by atoms with Crippen molar-refractivity contribution in [2.24, 2.45) is 0 Å². The lowest BCUT2D eigenvalue weighted by molar-refractivity contribution is 0.660. The summed E-state index contributed by atoms with van der Waals surface area (Å²) >= 11 is 0. The first-order valence-corrected chi connectivity index (χ1v) is 16.6. The quantitative estimate of drug-likeness (QED) is 0.190. The molecule has 0 spiro atoms. The molecule has 7 rings (SSSR count). The summed E-state index contributed by atoms with van der Waals surface area (Å²) < 4.78 is 0. The Balaban J connectivity index is 0.00000119. The Hall–Kier alpha value is -4.88. The molecule has 0 radical (unpaired) electrons. The Kier molecular flexibility index (Phi) is 8.69. The van der Waals surface area contributed by atoms with Crippen LogP contribution in [0.25, 0.3) is 33.4 Å². The molecule has 0 bridgehead atoms. The predicted octanol–water partition coefficient (Wildman–Crippen LogP) is 13.1. The third-order valence-corrected chi connectivity index (χ3v) is 9.34. The Morgan fingerprint density at radius 3 is 1.65 bits per heavy atom. The minimum Gasteiger partial charge on any atom is -0.310 e. The van der Waals surface area contributed by atoms with Crippen LogP contribution in [0.5, 0.6) is 0 Å². The van der Waals surface area contributed by atoms with Gasteiger partial charge in [-0.3, -0.25) is 0 Å². The van der Waals surface area contributed by atoms with E-state index < -0.39 is 0 Å². The highest BCUT2D eigenvalue weighted by Crippen LogP contribution is 2.52. The highest BCUT2D eigenvalue weighted by Gasteiger charge is 2.37. The van der Waals surface area contributed by atoms with Crippen molar-refractivity contribution in [2.45, 2.75) is 60.3 Å². The Bertz CT molecular complexity index is 1940. The molecular formula is C45H45N. The number of nitrogens with zero attached hydrogens (tertiary/aromatic N) is 1. The summed E-state index contributed by atoms with van der Waals surface area (Å²) in [5.41, 5.74) is 18.1. The molecular weight excluding hydrogens is 555 g/mol. The second kappa shape index (κ2) is 12.9. The van der Waals surface area contributed by atoms with Gasteiger partial charge in [0.05, 0.1) is 0 Å². The van der Waals surface area contributed by atoms with Gasteiger partial charge in [0, 0.05) is 22.5 Å². The van der Waals surface area contributed by atoms with Gasteiger partial charge in [-0.25, -0.2) is 0 Å². The van der Waals surface area contributed by atoms with Crippen molar-refractivity contribution in [3.63, 3.8) is 0 Å². The topological polar surface area (TPSA) is 3.24 Å². The fourth-order valence-electron chi connectivity index (χ4n) is 7.02. The molecule has 0 amide bonds. The standard InChI is InChI=1S/C42H37N.C3H8/c1-28-14-12-13-19-35(28)36-23-24-38-41(30(36)3)37-22-20-32(27-39(37)42(38,4)5)31-21-25-40(29(2)26-31)43(33-15-8-6-9-16-33)34-17-10-7-11-18-34;1-3-2/h6-27H,1-5H3;3H2,1-2H3. The smallest absolute Gasteiger partial charge is 0.0491 e. The molecule has 1 nitrogen and oxygen atoms in total. The van der Waals surface area contributed by atoms with E-state index in [0.29, 0.717) is 0 Å². The van der Waals surface area contributed by atoms with Gasteiger partial charge in [-0.2, -0.15) is 0 Å². The van der Waals surface area contributed by atoms with Crippen molar-refractivity contribution in [1.82, 2.24) is 0 Å². The van der Waals surface area contributed by atoms with Crippen LogP contribution in [0.4, 0.5) is 17.1 Å². The van der Waals surface area contributed by atoms with E-state index in [0.717, 1.165) is 11.4 Å². The first kappa shape index (κ1) is 31.1. The van der Waals surface area contributed by atoms with E-state index in [1.807, 2.05) is 0 Å². The summed E-state index contributed by atoms with van der Waals surface area (Å²) in [6, 6.07) is 48.7. The number of para-hydroxylation sites is 2. The van der Waals surface area contributed by atoms with Crippen LogP contribution in [-0.4, -0.2) is 0 Å². The monoisotopic (exact) mass is 599 g/mol. The second-order valence-corrected chi connectivity index (χ2v) is 13.1. The summed E-state index contributed by atoms with van der Waals surface area (Å²) in [6.07, 6.45) is 1.25. The zero-order valence-electron chi connectivity index (χ0n) is 28.4. The van der Waals surface area contributed by atoms with Crippen LogP contribution < -0.4 is 4.90 Å². The summed E-state index contributed by atoms with van der Waals surface area (Å²) in [4.78, 5) is 2.34. The van der Waals surface area contributed by atoms with Gasteiger partial charge >= 0.3 is 0 Å². The van der Waals surface area contributed by atoms with Gasteiger partial charge in [-0.15, -0.1) is 0 Å². The van der Waals surface area contributed by atoms with Gasteiger partial charge in [-0.05, 0) is 124 Å². The summed E-state index contributed by atoms with van der Waals surface area (Å²) in [5, 5.41) is 0. The molecule has 0 unspecified atom stereocenters. The van der Waals surface area contributed by atoms with Gasteiger partial charge in [0.2, 0.25) is 0 Å². The maximum atomic E-state index is 2.43. The molecule has 0 saturated carbocycles. The van der Waals surface area contributed by atoms with Crippen LogP contribution in [0.1, 0.15) is 61.9 Å². The first-order valence-electron chi connectivity index (χ1n) is 16.6. The maximum Gasteiger partial charge on any atom is 0.0491 e. The van der Waals surface area contributed by atoms with Crippen LogP contribution in [0.15, 0.2) is 133 Å². The number of rotatable bonds is 5. The third-order valence-electron chi connectivity index (χ3n) is 9.34. The van der Waals surface area contributed by atoms with Gasteiger partial charge in [0.1, 0.15) is 0 Å². The normalized spacial score (nSPS) is 12.5. The fourth-order valence-corrected chi connectivity index (χ4v) is 7.02. The average molecular weight is 600 g/mol. The molecule has 0 aliphatic heterocycles. The number of hydrogen-bond acceptors (Lipinski definition) is 1. The zero-order chi connectivity index (χ0) is 32.4. The molecule has 6 aromatic rings. The third kappa shape index (κ3) is 5.56. The van der Waals surface area contributed by atoms with Crippen LogP contribution >= 0.6 is 0 Å². The fraction of sp³-hybridized carbons (Fsp3) is 0.200. The minimum absolute atomic E-state index is 0.0674. The van der Waals surface area contributed by atoms with Crippen LogP contribution in [0.3, 0.4) is 0 Å². The van der Waals surface area contributed by atoms with Crippen LogP contribution in [0.2, 0.25) is 0 Å². The summed E-state index contributed by atoms with van der Waals surface area (Å²) in [6.45, 7) is 15.7. The first-order chi connectivity index (χ1) is 22.3. The SMILES string of the molecule is CCC.Cc1ccccc1-c1ccc2c(c1C)-c1ccc(-c3ccc(N(c4ccccc4)c4ccccc4)c(C)c3)cc1C2(C)C. The van der Waals surface area contributed by atoms with Gasteiger partial charge < -0.3 is 4.90 Å².